The number of likely N-dealkylation sites (tertiary alicyclic amines) is 2. The van der Waals surface area contributed by atoms with Crippen LogP contribution in [0.2, 0.25) is 0 Å². The molecule has 132 valence electrons. The van der Waals surface area contributed by atoms with Gasteiger partial charge in [0.15, 0.2) is 0 Å². The summed E-state index contributed by atoms with van der Waals surface area (Å²) in [7, 11) is 0. The monoisotopic (exact) mass is 343 g/mol. The number of nitrogens with zero attached hydrogens (tertiary/aromatic N) is 2. The number of benzene rings is 1. The Bertz CT molecular complexity index is 795. The van der Waals surface area contributed by atoms with Gasteiger partial charge >= 0.3 is 0 Å². The van der Waals surface area contributed by atoms with Crippen molar-refractivity contribution in [1.82, 2.24) is 14.8 Å². The van der Waals surface area contributed by atoms with Gasteiger partial charge in [0.25, 0.3) is 5.91 Å². The van der Waals surface area contributed by atoms with Crippen molar-refractivity contribution < 1.29 is 14.0 Å². The number of carbonyl (C=O) groups excluding carboxylic acids is 2. The zero-order valence-electron chi connectivity index (χ0n) is 14.1. The van der Waals surface area contributed by atoms with Crippen LogP contribution in [0.5, 0.6) is 0 Å². The minimum Gasteiger partial charge on any atom is -0.361 e. The summed E-state index contributed by atoms with van der Waals surface area (Å²) in [6.07, 6.45) is 3.69. The zero-order chi connectivity index (χ0) is 17.4. The lowest BCUT2D eigenvalue weighted by molar-refractivity contribution is -0.130. The SMILES string of the molecule is O=C(c1cccc2[nH]ccc12)N1CCC(N2CC(CF)CC2=O)CC1. The van der Waals surface area contributed by atoms with Crippen LogP contribution in [0, 0.1) is 5.92 Å². The van der Waals surface area contributed by atoms with E-state index in [1.807, 2.05) is 40.3 Å². The molecule has 2 aromatic rings. The van der Waals surface area contributed by atoms with Gasteiger partial charge in [-0.1, -0.05) is 6.07 Å². The van der Waals surface area contributed by atoms with Gasteiger partial charge in [0.05, 0.1) is 6.67 Å². The Morgan fingerprint density at radius 3 is 2.76 bits per heavy atom. The van der Waals surface area contributed by atoms with Crippen molar-refractivity contribution in [3.63, 3.8) is 0 Å². The smallest absolute Gasteiger partial charge is 0.254 e. The molecule has 0 spiro atoms. The summed E-state index contributed by atoms with van der Waals surface area (Å²) in [5.41, 5.74) is 1.67. The number of halogens is 1. The fraction of sp³-hybridized carbons (Fsp3) is 0.474. The third-order valence-corrected chi connectivity index (χ3v) is 5.47. The maximum Gasteiger partial charge on any atom is 0.254 e. The molecule has 5 nitrogen and oxygen atoms in total. The van der Waals surface area contributed by atoms with Crippen molar-refractivity contribution in [2.75, 3.05) is 26.3 Å². The van der Waals surface area contributed by atoms with Gasteiger partial charge in [-0.25, -0.2) is 0 Å². The topological polar surface area (TPSA) is 56.4 Å². The van der Waals surface area contributed by atoms with Gasteiger partial charge in [-0.2, -0.15) is 0 Å². The van der Waals surface area contributed by atoms with Gasteiger partial charge < -0.3 is 14.8 Å². The lowest BCUT2D eigenvalue weighted by Crippen LogP contribution is -2.47. The molecule has 1 aromatic heterocycles. The van der Waals surface area contributed by atoms with E-state index in [2.05, 4.69) is 4.98 Å². The van der Waals surface area contributed by atoms with Crippen molar-refractivity contribution in [1.29, 1.82) is 0 Å². The summed E-state index contributed by atoms with van der Waals surface area (Å²) in [6, 6.07) is 7.77. The predicted molar refractivity (Wildman–Crippen MR) is 93.0 cm³/mol. The largest absolute Gasteiger partial charge is 0.361 e. The fourth-order valence-electron chi connectivity index (χ4n) is 4.09. The molecule has 25 heavy (non-hydrogen) atoms. The molecule has 2 fully saturated rings. The van der Waals surface area contributed by atoms with Crippen molar-refractivity contribution in [3.05, 3.63) is 36.0 Å². The number of piperidine rings is 1. The van der Waals surface area contributed by atoms with Crippen LogP contribution in [0.15, 0.2) is 30.5 Å². The molecule has 0 radical (unpaired) electrons. The lowest BCUT2D eigenvalue weighted by atomic mass is 10.0. The van der Waals surface area contributed by atoms with Crippen molar-refractivity contribution in [2.24, 2.45) is 5.92 Å². The van der Waals surface area contributed by atoms with Crippen LogP contribution in [0.3, 0.4) is 0 Å². The van der Waals surface area contributed by atoms with E-state index in [0.29, 0.717) is 31.6 Å². The van der Waals surface area contributed by atoms with Gasteiger partial charge in [-0.3, -0.25) is 14.0 Å². The number of carbonyl (C=O) groups is 2. The maximum atomic E-state index is 12.9. The second kappa shape index (κ2) is 6.50. The van der Waals surface area contributed by atoms with Crippen LogP contribution in [-0.4, -0.2) is 58.9 Å². The molecule has 0 aliphatic carbocycles. The van der Waals surface area contributed by atoms with E-state index in [4.69, 9.17) is 0 Å². The molecule has 1 N–H and O–H groups in total. The number of fused-ring (bicyclic) bond motifs is 1. The van der Waals surface area contributed by atoms with Gasteiger partial charge in [-0.05, 0) is 31.0 Å². The van der Waals surface area contributed by atoms with Gasteiger partial charge in [0.1, 0.15) is 0 Å². The van der Waals surface area contributed by atoms with Crippen LogP contribution in [0.1, 0.15) is 29.6 Å². The predicted octanol–water partition coefficient (Wildman–Crippen LogP) is 2.59. The molecule has 2 amide bonds. The van der Waals surface area contributed by atoms with E-state index in [1.54, 1.807) is 0 Å². The first-order chi connectivity index (χ1) is 12.2. The first kappa shape index (κ1) is 16.1. The van der Waals surface area contributed by atoms with Crippen LogP contribution < -0.4 is 0 Å². The molecule has 1 atom stereocenters. The fourth-order valence-corrected chi connectivity index (χ4v) is 4.09. The zero-order valence-corrected chi connectivity index (χ0v) is 14.1. The van der Waals surface area contributed by atoms with Gasteiger partial charge in [0, 0.05) is 60.7 Å². The van der Waals surface area contributed by atoms with Gasteiger partial charge in [0.2, 0.25) is 5.91 Å². The summed E-state index contributed by atoms with van der Waals surface area (Å²) < 4.78 is 12.8. The standard InChI is InChI=1S/C19H22FN3O2/c20-11-13-10-18(24)23(12-13)14-5-8-22(9-6-14)19(25)16-2-1-3-17-15(16)4-7-21-17/h1-4,7,13-14,21H,5-6,8-12H2. The highest BCUT2D eigenvalue weighted by Crippen LogP contribution is 2.27. The number of alkyl halides is 1. The highest BCUT2D eigenvalue weighted by atomic mass is 19.1. The quantitative estimate of drug-likeness (QED) is 0.931. The van der Waals surface area contributed by atoms with Crippen LogP contribution in [-0.2, 0) is 4.79 Å². The second-order valence-corrected chi connectivity index (χ2v) is 7.04. The average molecular weight is 343 g/mol. The Kier molecular flexibility index (Phi) is 4.19. The van der Waals surface area contributed by atoms with Crippen molar-refractivity contribution in [2.45, 2.75) is 25.3 Å². The summed E-state index contributed by atoms with van der Waals surface area (Å²) in [4.78, 5) is 31.8. The normalized spacial score (nSPS) is 22.1. The molecule has 2 aliphatic rings. The minimum atomic E-state index is -0.430. The lowest BCUT2D eigenvalue weighted by Gasteiger charge is -2.37. The summed E-state index contributed by atoms with van der Waals surface area (Å²) in [5.74, 6) is -0.0547. The first-order valence-corrected chi connectivity index (χ1v) is 8.88. The van der Waals surface area contributed by atoms with E-state index < -0.39 is 6.67 Å². The molecule has 1 unspecified atom stereocenters. The molecule has 0 bridgehead atoms. The Morgan fingerprint density at radius 1 is 1.24 bits per heavy atom. The number of hydrogen-bond acceptors (Lipinski definition) is 2. The molecular formula is C19H22FN3O2. The number of aromatic nitrogens is 1. The third-order valence-electron chi connectivity index (χ3n) is 5.47. The molecule has 1 aromatic carbocycles. The number of rotatable bonds is 3. The molecule has 2 aliphatic heterocycles. The molecular weight excluding hydrogens is 321 g/mol. The van der Waals surface area contributed by atoms with E-state index in [9.17, 15) is 14.0 Å². The molecule has 2 saturated heterocycles. The molecule has 4 rings (SSSR count). The van der Waals surface area contributed by atoms with Crippen LogP contribution >= 0.6 is 0 Å². The van der Waals surface area contributed by atoms with E-state index in [-0.39, 0.29) is 23.8 Å². The second-order valence-electron chi connectivity index (χ2n) is 7.04. The highest BCUT2D eigenvalue weighted by molar-refractivity contribution is 6.06. The average Bonchev–Trinajstić information content (AvgIpc) is 3.27. The Balaban J connectivity index is 1.43. The number of hydrogen-bond donors (Lipinski definition) is 1. The van der Waals surface area contributed by atoms with Crippen molar-refractivity contribution >= 4 is 22.7 Å². The summed E-state index contributed by atoms with van der Waals surface area (Å²) in [6.45, 7) is 1.36. The molecule has 6 heteroatoms. The summed E-state index contributed by atoms with van der Waals surface area (Å²) in [5, 5.41) is 0.940. The van der Waals surface area contributed by atoms with Gasteiger partial charge in [-0.15, -0.1) is 0 Å². The highest BCUT2D eigenvalue weighted by Gasteiger charge is 2.36. The Hall–Kier alpha value is -2.37. The van der Waals surface area contributed by atoms with E-state index >= 15 is 0 Å². The van der Waals surface area contributed by atoms with Crippen LogP contribution in [0.4, 0.5) is 4.39 Å². The van der Waals surface area contributed by atoms with Crippen molar-refractivity contribution in [3.8, 4) is 0 Å². The first-order valence-electron chi connectivity index (χ1n) is 8.88. The Labute approximate surface area is 145 Å². The Morgan fingerprint density at radius 2 is 2.04 bits per heavy atom. The van der Waals surface area contributed by atoms with E-state index in [0.717, 1.165) is 23.7 Å². The summed E-state index contributed by atoms with van der Waals surface area (Å²) >= 11 is 0. The number of aromatic amines is 1. The van der Waals surface area contributed by atoms with E-state index in [1.165, 1.54) is 0 Å². The molecule has 3 heterocycles. The third kappa shape index (κ3) is 2.90. The maximum absolute atomic E-state index is 12.9. The number of amides is 2. The molecule has 0 saturated carbocycles. The van der Waals surface area contributed by atoms with Crippen LogP contribution in [0.25, 0.3) is 10.9 Å². The number of H-pyrrole nitrogens is 1. The number of nitrogens with one attached hydrogen (secondary N) is 1. The minimum absolute atomic E-state index is 0.0398.